The standard InChI is InChI=1S/C25H30N4O2.C23H26N4O2/c1-30-21-7-9-24(25(16-21)31-2)29-13-11-28(12-14-29)10-4-3-5-20-18-27-23-8-6-19(17-26)15-22(20)23;24-15-17-4-6-21-20(13-17)18(16-25-21)3-1-2-8-26-9-11-27(12-10-26)22-7-5-19(28)14-23(22)29/h6-9,15-16,18,27H,3-5,10-14H2,1-2H3;4-7,13-14,16,25,28-29H,1-3,8-12H2. The minimum Gasteiger partial charge on any atom is -0.508 e. The summed E-state index contributed by atoms with van der Waals surface area (Å²) in [7, 11) is 3.39. The van der Waals surface area contributed by atoms with E-state index in [9.17, 15) is 10.2 Å². The number of aryl methyl sites for hydroxylation is 2. The number of rotatable bonds is 14. The summed E-state index contributed by atoms with van der Waals surface area (Å²) in [5.74, 6) is 1.91. The van der Waals surface area contributed by atoms with Crippen molar-refractivity contribution in [3.8, 4) is 35.1 Å². The molecule has 0 atom stereocenters. The minimum absolute atomic E-state index is 0.0870. The number of fused-ring (bicyclic) bond motifs is 2. The first-order valence-electron chi connectivity index (χ1n) is 21.0. The van der Waals surface area contributed by atoms with Crippen LogP contribution in [0.15, 0.2) is 85.2 Å². The predicted molar refractivity (Wildman–Crippen MR) is 239 cm³/mol. The predicted octanol–water partition coefficient (Wildman–Crippen LogP) is 7.80. The highest BCUT2D eigenvalue weighted by Gasteiger charge is 2.21. The number of unbranched alkanes of at least 4 members (excludes halogenated alkanes) is 2. The molecule has 0 saturated carbocycles. The van der Waals surface area contributed by atoms with Gasteiger partial charge in [-0.2, -0.15) is 10.5 Å². The first-order valence-corrected chi connectivity index (χ1v) is 21.0. The van der Waals surface area contributed by atoms with Crippen LogP contribution >= 0.6 is 0 Å². The van der Waals surface area contributed by atoms with Crippen molar-refractivity contribution in [2.45, 2.75) is 38.5 Å². The number of nitrogens with zero attached hydrogens (tertiary/aromatic N) is 6. The number of phenols is 2. The SMILES string of the molecule is COc1ccc(N2CCN(CCCCc3c[nH]c4ccc(C#N)cc34)CC2)c(OC)c1.N#Cc1ccc2[nH]cc(CCCCN3CCN(c4ccc(O)cc4O)CC3)c2c1. The normalized spacial score (nSPS) is 14.7. The smallest absolute Gasteiger partial charge is 0.145 e. The Morgan fingerprint density at radius 1 is 0.583 bits per heavy atom. The molecule has 4 aromatic carbocycles. The maximum atomic E-state index is 10.0. The third kappa shape index (κ3) is 10.3. The molecule has 312 valence electrons. The average Bonchev–Trinajstić information content (AvgIpc) is 3.90. The molecular formula is C48H56N8O4. The Hall–Kier alpha value is -6.34. The number of nitrogens with one attached hydrogen (secondary N) is 2. The van der Waals surface area contributed by atoms with Gasteiger partial charge >= 0.3 is 0 Å². The van der Waals surface area contributed by atoms with Gasteiger partial charge in [-0.15, -0.1) is 0 Å². The Bertz CT molecular complexity index is 2430. The molecular weight excluding hydrogens is 753 g/mol. The molecule has 2 aliphatic rings. The van der Waals surface area contributed by atoms with Crippen molar-refractivity contribution in [2.24, 2.45) is 0 Å². The lowest BCUT2D eigenvalue weighted by atomic mass is 10.1. The number of aromatic hydroxyl groups is 2. The molecule has 0 aliphatic carbocycles. The van der Waals surface area contributed by atoms with Crippen molar-refractivity contribution in [3.63, 3.8) is 0 Å². The van der Waals surface area contributed by atoms with Crippen LogP contribution in [0.4, 0.5) is 11.4 Å². The zero-order valence-electron chi connectivity index (χ0n) is 34.8. The summed E-state index contributed by atoms with van der Waals surface area (Å²) < 4.78 is 10.9. The van der Waals surface area contributed by atoms with Gasteiger partial charge in [-0.1, -0.05) is 0 Å². The van der Waals surface area contributed by atoms with Crippen molar-refractivity contribution in [3.05, 3.63) is 107 Å². The molecule has 4 heterocycles. The summed E-state index contributed by atoms with van der Waals surface area (Å²) in [4.78, 5) is 16.2. The molecule has 60 heavy (non-hydrogen) atoms. The fourth-order valence-electron chi connectivity index (χ4n) is 8.46. The van der Waals surface area contributed by atoms with E-state index in [4.69, 9.17) is 20.0 Å². The highest BCUT2D eigenvalue weighted by atomic mass is 16.5. The Morgan fingerprint density at radius 2 is 1.10 bits per heavy atom. The second kappa shape index (κ2) is 20.1. The van der Waals surface area contributed by atoms with E-state index in [0.29, 0.717) is 5.56 Å². The number of hydrogen-bond acceptors (Lipinski definition) is 10. The Labute approximate surface area is 352 Å². The van der Waals surface area contributed by atoms with E-state index in [2.05, 4.69) is 60.2 Å². The van der Waals surface area contributed by atoms with Crippen molar-refractivity contribution >= 4 is 33.2 Å². The molecule has 6 aromatic rings. The molecule has 12 heteroatoms. The van der Waals surface area contributed by atoms with Crippen LogP contribution in [0.5, 0.6) is 23.0 Å². The topological polar surface area (TPSA) is 151 Å². The molecule has 0 amide bonds. The lowest BCUT2D eigenvalue weighted by Crippen LogP contribution is -2.46. The summed E-state index contributed by atoms with van der Waals surface area (Å²) in [5.41, 5.74) is 8.15. The highest BCUT2D eigenvalue weighted by molar-refractivity contribution is 5.85. The van der Waals surface area contributed by atoms with E-state index < -0.39 is 0 Å². The molecule has 2 aliphatic heterocycles. The fraction of sp³-hybridized carbons (Fsp3) is 0.375. The maximum absolute atomic E-state index is 10.0. The van der Waals surface area contributed by atoms with Gasteiger partial charge in [0.2, 0.25) is 0 Å². The summed E-state index contributed by atoms with van der Waals surface area (Å²) in [6.07, 6.45) is 10.8. The van der Waals surface area contributed by atoms with E-state index in [1.54, 1.807) is 26.4 Å². The van der Waals surface area contributed by atoms with Gasteiger partial charge in [-0.05, 0) is 123 Å². The maximum Gasteiger partial charge on any atom is 0.145 e. The van der Waals surface area contributed by atoms with Gasteiger partial charge in [0.15, 0.2) is 0 Å². The zero-order chi connectivity index (χ0) is 41.8. The molecule has 4 N–H and O–H groups in total. The fourth-order valence-corrected chi connectivity index (χ4v) is 8.46. The number of methoxy groups -OCH3 is 2. The van der Waals surface area contributed by atoms with E-state index in [1.807, 2.05) is 48.5 Å². The minimum atomic E-state index is 0.0870. The molecule has 0 bridgehead atoms. The van der Waals surface area contributed by atoms with Gasteiger partial charge in [0, 0.05) is 98.7 Å². The van der Waals surface area contributed by atoms with Crippen molar-refractivity contribution in [1.29, 1.82) is 10.5 Å². The molecule has 2 aromatic heterocycles. The lowest BCUT2D eigenvalue weighted by Gasteiger charge is -2.36. The molecule has 0 radical (unpaired) electrons. The van der Waals surface area contributed by atoms with E-state index >= 15 is 0 Å². The molecule has 2 saturated heterocycles. The second-order valence-electron chi connectivity index (χ2n) is 15.7. The molecule has 0 unspecified atom stereocenters. The Balaban J connectivity index is 0.000000182. The number of aromatic nitrogens is 2. The third-order valence-electron chi connectivity index (χ3n) is 11.9. The van der Waals surface area contributed by atoms with Crippen LogP contribution in [0.25, 0.3) is 21.8 Å². The number of H-pyrrole nitrogens is 2. The highest BCUT2D eigenvalue weighted by Crippen LogP contribution is 2.34. The molecule has 2 fully saturated rings. The average molecular weight is 809 g/mol. The summed E-state index contributed by atoms with van der Waals surface area (Å²) >= 11 is 0. The quantitative estimate of drug-likeness (QED) is 0.0803. The molecule has 0 spiro atoms. The van der Waals surface area contributed by atoms with Crippen LogP contribution < -0.4 is 19.3 Å². The first-order chi connectivity index (χ1) is 29.3. The number of nitriles is 2. The van der Waals surface area contributed by atoms with Crippen molar-refractivity contribution in [2.75, 3.05) is 89.5 Å². The van der Waals surface area contributed by atoms with Crippen LogP contribution in [0.2, 0.25) is 0 Å². The van der Waals surface area contributed by atoms with Gasteiger partial charge in [-0.3, -0.25) is 9.80 Å². The van der Waals surface area contributed by atoms with Crippen LogP contribution in [-0.2, 0) is 12.8 Å². The van der Waals surface area contributed by atoms with Crippen LogP contribution in [0.3, 0.4) is 0 Å². The third-order valence-corrected chi connectivity index (χ3v) is 11.9. The Kier molecular flexibility index (Phi) is 14.0. The number of aromatic amines is 2. The van der Waals surface area contributed by atoms with Gasteiger partial charge in [-0.25, -0.2) is 0 Å². The number of piperazine rings is 2. The van der Waals surface area contributed by atoms with Gasteiger partial charge in [0.05, 0.1) is 48.9 Å². The summed E-state index contributed by atoms with van der Waals surface area (Å²) in [6, 6.07) is 26.9. The monoisotopic (exact) mass is 808 g/mol. The summed E-state index contributed by atoms with van der Waals surface area (Å²) in [6.45, 7) is 10.0. The van der Waals surface area contributed by atoms with E-state index in [-0.39, 0.29) is 11.5 Å². The number of anilines is 2. The van der Waals surface area contributed by atoms with Crippen LogP contribution in [0, 0.1) is 22.7 Å². The molecule has 8 rings (SSSR count). The largest absolute Gasteiger partial charge is 0.508 e. The van der Waals surface area contributed by atoms with E-state index in [1.165, 1.54) is 29.0 Å². The number of phenolic OH excluding ortho intramolecular Hbond substituents is 2. The van der Waals surface area contributed by atoms with Gasteiger partial charge in [0.1, 0.15) is 23.0 Å². The number of hydrogen-bond donors (Lipinski definition) is 4. The molecule has 12 nitrogen and oxygen atoms in total. The van der Waals surface area contributed by atoms with Gasteiger partial charge in [0.25, 0.3) is 0 Å². The second-order valence-corrected chi connectivity index (χ2v) is 15.7. The summed E-state index contributed by atoms with van der Waals surface area (Å²) in [5, 5.41) is 40.1. The lowest BCUT2D eigenvalue weighted by molar-refractivity contribution is 0.252. The zero-order valence-corrected chi connectivity index (χ0v) is 34.8. The Morgan fingerprint density at radius 3 is 1.58 bits per heavy atom. The van der Waals surface area contributed by atoms with Crippen LogP contribution in [-0.4, -0.2) is 110 Å². The van der Waals surface area contributed by atoms with Crippen molar-refractivity contribution < 1.29 is 19.7 Å². The van der Waals surface area contributed by atoms with Crippen molar-refractivity contribution in [1.82, 2.24) is 19.8 Å². The van der Waals surface area contributed by atoms with Gasteiger partial charge < -0.3 is 39.5 Å². The number of ether oxygens (including phenoxy) is 2. The van der Waals surface area contributed by atoms with E-state index in [0.717, 1.165) is 142 Å². The first kappa shape index (κ1) is 41.8. The number of benzene rings is 4. The van der Waals surface area contributed by atoms with Crippen LogP contribution in [0.1, 0.15) is 47.9 Å².